The molecule has 0 bridgehead atoms. The zero-order valence-corrected chi connectivity index (χ0v) is 13.4. The summed E-state index contributed by atoms with van der Waals surface area (Å²) < 4.78 is 8.34. The van der Waals surface area contributed by atoms with Crippen LogP contribution in [0.3, 0.4) is 0 Å². The molecule has 1 saturated heterocycles. The SMILES string of the molecule is Cn1cc(Br)cc1C(=O)N1CCOCC1c1ccccc1. The predicted octanol–water partition coefficient (Wildman–Crippen LogP) is 3.00. The smallest absolute Gasteiger partial charge is 0.271 e. The molecule has 1 fully saturated rings. The van der Waals surface area contributed by atoms with Gasteiger partial charge in [0.15, 0.2) is 0 Å². The van der Waals surface area contributed by atoms with E-state index in [-0.39, 0.29) is 11.9 Å². The maximum absolute atomic E-state index is 12.8. The number of carbonyl (C=O) groups excluding carboxylic acids is 1. The van der Waals surface area contributed by atoms with Crippen LogP contribution >= 0.6 is 15.9 Å². The summed E-state index contributed by atoms with van der Waals surface area (Å²) in [6.07, 6.45) is 1.89. The van der Waals surface area contributed by atoms with Gasteiger partial charge >= 0.3 is 0 Å². The molecule has 0 spiro atoms. The summed E-state index contributed by atoms with van der Waals surface area (Å²) in [6.45, 7) is 1.74. The molecular weight excluding hydrogens is 332 g/mol. The van der Waals surface area contributed by atoms with Gasteiger partial charge in [0, 0.05) is 24.3 Å². The average molecular weight is 349 g/mol. The molecule has 1 amide bonds. The Balaban J connectivity index is 1.91. The molecule has 4 nitrogen and oxygen atoms in total. The van der Waals surface area contributed by atoms with Gasteiger partial charge in [-0.3, -0.25) is 4.79 Å². The molecular formula is C16H17BrN2O2. The monoisotopic (exact) mass is 348 g/mol. The lowest BCUT2D eigenvalue weighted by Gasteiger charge is -2.36. The van der Waals surface area contributed by atoms with Crippen LogP contribution in [-0.4, -0.2) is 35.1 Å². The van der Waals surface area contributed by atoms with E-state index in [9.17, 15) is 4.79 Å². The number of halogens is 1. The number of aryl methyl sites for hydroxylation is 1. The molecule has 110 valence electrons. The maximum atomic E-state index is 12.8. The molecule has 21 heavy (non-hydrogen) atoms. The molecule has 0 aliphatic carbocycles. The topological polar surface area (TPSA) is 34.5 Å². The number of morpholine rings is 1. The van der Waals surface area contributed by atoms with Crippen LogP contribution in [-0.2, 0) is 11.8 Å². The Bertz CT molecular complexity index is 639. The minimum Gasteiger partial charge on any atom is -0.377 e. The summed E-state index contributed by atoms with van der Waals surface area (Å²) in [6, 6.07) is 11.9. The lowest BCUT2D eigenvalue weighted by atomic mass is 10.0. The molecule has 1 aliphatic heterocycles. The zero-order chi connectivity index (χ0) is 14.8. The maximum Gasteiger partial charge on any atom is 0.271 e. The van der Waals surface area contributed by atoms with E-state index in [1.54, 1.807) is 0 Å². The standard InChI is InChI=1S/C16H17BrN2O2/c1-18-10-13(17)9-14(18)16(20)19-7-8-21-11-15(19)12-5-3-2-4-6-12/h2-6,9-10,15H,7-8,11H2,1H3. The van der Waals surface area contributed by atoms with E-state index in [0.717, 1.165) is 10.0 Å². The molecule has 1 atom stereocenters. The predicted molar refractivity (Wildman–Crippen MR) is 84.2 cm³/mol. The quantitative estimate of drug-likeness (QED) is 0.835. The Morgan fingerprint density at radius 3 is 2.76 bits per heavy atom. The van der Waals surface area contributed by atoms with Crippen LogP contribution < -0.4 is 0 Å². The van der Waals surface area contributed by atoms with E-state index in [2.05, 4.69) is 15.9 Å². The fourth-order valence-corrected chi connectivity index (χ4v) is 3.21. The number of hydrogen-bond acceptors (Lipinski definition) is 2. The number of benzene rings is 1. The number of amides is 1. The van der Waals surface area contributed by atoms with Gasteiger partial charge in [0.25, 0.3) is 5.91 Å². The highest BCUT2D eigenvalue weighted by molar-refractivity contribution is 9.10. The van der Waals surface area contributed by atoms with Crippen LogP contribution in [0.15, 0.2) is 47.1 Å². The minimum atomic E-state index is -0.0267. The first kappa shape index (κ1) is 14.4. The minimum absolute atomic E-state index is 0.0267. The second kappa shape index (κ2) is 6.03. The third-order valence-electron chi connectivity index (χ3n) is 3.76. The van der Waals surface area contributed by atoms with Crippen molar-refractivity contribution in [2.45, 2.75) is 6.04 Å². The van der Waals surface area contributed by atoms with E-state index in [1.165, 1.54) is 0 Å². The van der Waals surface area contributed by atoms with E-state index < -0.39 is 0 Å². The van der Waals surface area contributed by atoms with E-state index >= 15 is 0 Å². The van der Waals surface area contributed by atoms with Crippen molar-refractivity contribution >= 4 is 21.8 Å². The van der Waals surface area contributed by atoms with Gasteiger partial charge in [-0.1, -0.05) is 30.3 Å². The molecule has 2 aromatic rings. The second-order valence-electron chi connectivity index (χ2n) is 5.15. The van der Waals surface area contributed by atoms with Crippen molar-refractivity contribution < 1.29 is 9.53 Å². The number of aromatic nitrogens is 1. The summed E-state index contributed by atoms with van der Waals surface area (Å²) >= 11 is 3.42. The highest BCUT2D eigenvalue weighted by atomic mass is 79.9. The number of rotatable bonds is 2. The summed E-state index contributed by atoms with van der Waals surface area (Å²) in [7, 11) is 1.88. The molecule has 0 radical (unpaired) electrons. The zero-order valence-electron chi connectivity index (χ0n) is 11.8. The van der Waals surface area contributed by atoms with Gasteiger partial charge in [-0.05, 0) is 27.6 Å². The fraction of sp³-hybridized carbons (Fsp3) is 0.312. The molecule has 0 saturated carbocycles. The van der Waals surface area contributed by atoms with Crippen LogP contribution in [0.25, 0.3) is 0 Å². The van der Waals surface area contributed by atoms with Crippen LogP contribution in [0.4, 0.5) is 0 Å². The number of ether oxygens (including phenoxy) is 1. The van der Waals surface area contributed by atoms with Crippen molar-refractivity contribution in [2.75, 3.05) is 19.8 Å². The Morgan fingerprint density at radius 2 is 2.10 bits per heavy atom. The van der Waals surface area contributed by atoms with Gasteiger partial charge in [-0.25, -0.2) is 0 Å². The molecule has 1 unspecified atom stereocenters. The number of hydrogen-bond donors (Lipinski definition) is 0. The largest absolute Gasteiger partial charge is 0.377 e. The van der Waals surface area contributed by atoms with Crippen molar-refractivity contribution in [3.63, 3.8) is 0 Å². The summed E-state index contributed by atoms with van der Waals surface area (Å²) in [5, 5.41) is 0. The number of carbonyl (C=O) groups is 1. The van der Waals surface area contributed by atoms with Crippen molar-refractivity contribution in [1.82, 2.24) is 9.47 Å². The third kappa shape index (κ3) is 2.89. The first-order valence-corrected chi connectivity index (χ1v) is 7.71. The molecule has 1 aliphatic rings. The van der Waals surface area contributed by atoms with Crippen molar-refractivity contribution in [2.24, 2.45) is 7.05 Å². The lowest BCUT2D eigenvalue weighted by molar-refractivity contribution is -0.00319. The van der Waals surface area contributed by atoms with Gasteiger partial charge in [-0.2, -0.15) is 0 Å². The van der Waals surface area contributed by atoms with Crippen molar-refractivity contribution in [3.05, 3.63) is 58.3 Å². The highest BCUT2D eigenvalue weighted by Gasteiger charge is 2.30. The lowest BCUT2D eigenvalue weighted by Crippen LogP contribution is -2.43. The van der Waals surface area contributed by atoms with Gasteiger partial charge in [-0.15, -0.1) is 0 Å². The van der Waals surface area contributed by atoms with Crippen molar-refractivity contribution in [3.8, 4) is 0 Å². The average Bonchev–Trinajstić information content (AvgIpc) is 2.86. The summed E-state index contributed by atoms with van der Waals surface area (Å²) in [5.74, 6) is 0.0420. The van der Waals surface area contributed by atoms with Crippen LogP contribution in [0.5, 0.6) is 0 Å². The molecule has 2 heterocycles. The van der Waals surface area contributed by atoms with Crippen LogP contribution in [0, 0.1) is 0 Å². The van der Waals surface area contributed by atoms with Crippen LogP contribution in [0.1, 0.15) is 22.1 Å². The normalized spacial score (nSPS) is 18.8. The Morgan fingerprint density at radius 1 is 1.33 bits per heavy atom. The van der Waals surface area contributed by atoms with Crippen molar-refractivity contribution in [1.29, 1.82) is 0 Å². The molecule has 1 aromatic heterocycles. The first-order valence-electron chi connectivity index (χ1n) is 6.92. The van der Waals surface area contributed by atoms with Crippen LogP contribution in [0.2, 0.25) is 0 Å². The highest BCUT2D eigenvalue weighted by Crippen LogP contribution is 2.26. The van der Waals surface area contributed by atoms with Gasteiger partial charge in [0.2, 0.25) is 0 Å². The second-order valence-corrected chi connectivity index (χ2v) is 6.07. The molecule has 1 aromatic carbocycles. The van der Waals surface area contributed by atoms with E-state index in [0.29, 0.717) is 25.5 Å². The van der Waals surface area contributed by atoms with E-state index in [4.69, 9.17) is 4.74 Å². The van der Waals surface area contributed by atoms with Gasteiger partial charge in [0.1, 0.15) is 5.69 Å². The first-order chi connectivity index (χ1) is 10.2. The summed E-state index contributed by atoms with van der Waals surface area (Å²) in [4.78, 5) is 14.7. The van der Waals surface area contributed by atoms with Gasteiger partial charge < -0.3 is 14.2 Å². The van der Waals surface area contributed by atoms with E-state index in [1.807, 2.05) is 59.1 Å². The molecule has 5 heteroatoms. The van der Waals surface area contributed by atoms with Gasteiger partial charge in [0.05, 0.1) is 19.3 Å². The Labute approximate surface area is 132 Å². The molecule has 0 N–H and O–H groups in total. The third-order valence-corrected chi connectivity index (χ3v) is 4.20. The molecule has 3 rings (SSSR count). The fourth-order valence-electron chi connectivity index (χ4n) is 2.68. The Hall–Kier alpha value is -1.59. The number of nitrogens with zero attached hydrogens (tertiary/aromatic N) is 2. The Kier molecular flexibility index (Phi) is 4.12. The summed E-state index contributed by atoms with van der Waals surface area (Å²) in [5.41, 5.74) is 1.79.